The van der Waals surface area contributed by atoms with Crippen molar-refractivity contribution in [1.82, 2.24) is 0 Å². The first-order valence-corrected chi connectivity index (χ1v) is 12.7. The van der Waals surface area contributed by atoms with E-state index in [-0.39, 0.29) is 24.1 Å². The number of allylic oxidation sites excluding steroid dienone is 2. The van der Waals surface area contributed by atoms with E-state index < -0.39 is 35.7 Å². The maximum atomic E-state index is 11.5. The van der Waals surface area contributed by atoms with Crippen molar-refractivity contribution < 1.29 is 34.2 Å². The second-order valence-corrected chi connectivity index (χ2v) is 9.84. The minimum atomic E-state index is -1.19. The molecule has 0 saturated carbocycles. The summed E-state index contributed by atoms with van der Waals surface area (Å²) in [6, 6.07) is 0. The van der Waals surface area contributed by atoms with Crippen molar-refractivity contribution in [2.24, 2.45) is 17.8 Å². The van der Waals surface area contributed by atoms with Crippen LogP contribution in [0.15, 0.2) is 12.2 Å². The second kappa shape index (κ2) is 17.6. The number of carboxylic acid groups (broad SMARTS) is 3. The third kappa shape index (κ3) is 14.8. The molecule has 0 saturated heterocycles. The van der Waals surface area contributed by atoms with E-state index >= 15 is 0 Å². The van der Waals surface area contributed by atoms with Gasteiger partial charge < -0.3 is 24.6 Å². The molecule has 33 heavy (non-hydrogen) atoms. The number of carboxylic acids is 3. The molecule has 0 rings (SSSR count). The van der Waals surface area contributed by atoms with E-state index in [9.17, 15) is 29.7 Å². The molecule has 2 N–H and O–H groups in total. The molecule has 0 aliphatic carbocycles. The summed E-state index contributed by atoms with van der Waals surface area (Å²) in [5.74, 6) is -5.29. The van der Waals surface area contributed by atoms with Gasteiger partial charge >= 0.3 is 11.9 Å². The highest BCUT2D eigenvalue weighted by atomic mass is 16.4. The molecule has 192 valence electrons. The Bertz CT molecular complexity index is 549. The molecule has 0 aromatic heterocycles. The van der Waals surface area contributed by atoms with Crippen LogP contribution in [0.25, 0.3) is 0 Å². The van der Waals surface area contributed by atoms with Crippen LogP contribution in [0, 0.1) is 17.8 Å². The lowest BCUT2D eigenvalue weighted by Crippen LogP contribution is -2.58. The third-order valence-electron chi connectivity index (χ3n) is 6.37. The summed E-state index contributed by atoms with van der Waals surface area (Å²) in [5.41, 5.74) is 0. The minimum Gasteiger partial charge on any atom is -0.550 e. The van der Waals surface area contributed by atoms with Crippen molar-refractivity contribution in [1.29, 1.82) is 0 Å². The number of hydrogen-bond donors (Lipinski definition) is 2. The fourth-order valence-electron chi connectivity index (χ4n) is 4.46. The van der Waals surface area contributed by atoms with E-state index in [1.165, 1.54) is 38.5 Å². The number of carbonyl (C=O) groups excluding carboxylic acids is 1. The van der Waals surface area contributed by atoms with Gasteiger partial charge in [0.25, 0.3) is 0 Å². The largest absolute Gasteiger partial charge is 0.550 e. The SMILES string of the molecule is CCCCCCCC/C=C/CCCC[N+](CC(C)C(=O)[O-])(CC(C)C(=O)O)CC(C)C(=O)O. The molecule has 0 aromatic carbocycles. The molecular formula is C26H47NO6. The predicted molar refractivity (Wildman–Crippen MR) is 128 cm³/mol. The number of hydrogen-bond acceptors (Lipinski definition) is 4. The smallest absolute Gasteiger partial charge is 0.311 e. The first-order valence-electron chi connectivity index (χ1n) is 12.7. The average molecular weight is 470 g/mol. The van der Waals surface area contributed by atoms with Gasteiger partial charge in [-0.2, -0.15) is 0 Å². The normalized spacial score (nSPS) is 16.2. The van der Waals surface area contributed by atoms with Gasteiger partial charge in [-0.3, -0.25) is 9.59 Å². The maximum Gasteiger partial charge on any atom is 0.311 e. The van der Waals surface area contributed by atoms with E-state index in [0.717, 1.165) is 25.7 Å². The summed E-state index contributed by atoms with van der Waals surface area (Å²) in [6.45, 7) is 8.09. The summed E-state index contributed by atoms with van der Waals surface area (Å²) in [4.78, 5) is 34.5. The zero-order valence-electron chi connectivity index (χ0n) is 21.3. The molecule has 7 nitrogen and oxygen atoms in total. The average Bonchev–Trinajstić information content (AvgIpc) is 2.74. The summed E-state index contributed by atoms with van der Waals surface area (Å²) in [7, 11) is 0. The number of nitrogens with zero attached hydrogens (tertiary/aromatic N) is 1. The van der Waals surface area contributed by atoms with E-state index in [2.05, 4.69) is 19.1 Å². The van der Waals surface area contributed by atoms with Gasteiger partial charge in [0.05, 0.1) is 26.2 Å². The summed E-state index contributed by atoms with van der Waals surface area (Å²) < 4.78 is 0.164. The Morgan fingerprint density at radius 3 is 1.61 bits per heavy atom. The van der Waals surface area contributed by atoms with Crippen LogP contribution < -0.4 is 5.11 Å². The molecule has 0 bridgehead atoms. The van der Waals surface area contributed by atoms with Crippen molar-refractivity contribution in [3.63, 3.8) is 0 Å². The van der Waals surface area contributed by atoms with Gasteiger partial charge in [0.1, 0.15) is 11.8 Å². The molecule has 0 aliphatic heterocycles. The van der Waals surface area contributed by atoms with E-state index in [1.807, 2.05) is 0 Å². The number of quaternary nitrogens is 1. The zero-order valence-corrected chi connectivity index (χ0v) is 21.3. The molecule has 3 atom stereocenters. The molecule has 0 fully saturated rings. The van der Waals surface area contributed by atoms with Gasteiger partial charge in [0.2, 0.25) is 0 Å². The summed E-state index contributed by atoms with van der Waals surface area (Å²) >= 11 is 0. The van der Waals surface area contributed by atoms with Crippen molar-refractivity contribution in [3.05, 3.63) is 12.2 Å². The van der Waals surface area contributed by atoms with E-state index in [1.54, 1.807) is 20.8 Å². The monoisotopic (exact) mass is 469 g/mol. The molecule has 0 heterocycles. The Hall–Kier alpha value is -1.89. The first kappa shape index (κ1) is 31.1. The van der Waals surface area contributed by atoms with E-state index in [0.29, 0.717) is 6.54 Å². The highest BCUT2D eigenvalue weighted by molar-refractivity contribution is 5.70. The Kier molecular flexibility index (Phi) is 16.6. The van der Waals surface area contributed by atoms with E-state index in [4.69, 9.17) is 0 Å². The molecule has 3 unspecified atom stereocenters. The standard InChI is InChI=1S/C26H47NO6/c1-5-6-7-8-9-10-11-12-13-14-15-16-17-27(18-21(2)24(28)29,19-22(3)25(30)31)20-23(4)26(32)33/h12-13,21-23H,5-11,14-20H2,1-4H3,(H2-,28,29,30,31,32,33)/b13-12+. The lowest BCUT2D eigenvalue weighted by Gasteiger charge is -2.43. The fourth-order valence-corrected chi connectivity index (χ4v) is 4.46. The molecular weight excluding hydrogens is 422 g/mol. The van der Waals surface area contributed by atoms with Crippen LogP contribution in [-0.2, 0) is 14.4 Å². The number of carbonyl (C=O) groups is 3. The molecule has 0 radical (unpaired) electrons. The Morgan fingerprint density at radius 2 is 1.15 bits per heavy atom. The Labute approximate surface area is 200 Å². The van der Waals surface area contributed by atoms with Crippen molar-refractivity contribution >= 4 is 17.9 Å². The minimum absolute atomic E-state index is 0.164. The molecule has 0 amide bonds. The van der Waals surface area contributed by atoms with Crippen LogP contribution >= 0.6 is 0 Å². The molecule has 0 aromatic rings. The molecule has 7 heteroatoms. The lowest BCUT2D eigenvalue weighted by molar-refractivity contribution is -0.934. The van der Waals surface area contributed by atoms with Crippen LogP contribution in [0.5, 0.6) is 0 Å². The Morgan fingerprint density at radius 1 is 0.727 bits per heavy atom. The number of rotatable bonds is 21. The lowest BCUT2D eigenvalue weighted by atomic mass is 10.0. The van der Waals surface area contributed by atoms with Gasteiger partial charge in [0, 0.05) is 11.9 Å². The van der Waals surface area contributed by atoms with Crippen LogP contribution in [0.4, 0.5) is 0 Å². The predicted octanol–water partition coefficient (Wildman–Crippen LogP) is 4.11. The molecule has 0 aliphatic rings. The fraction of sp³-hybridized carbons (Fsp3) is 0.808. The topological polar surface area (TPSA) is 115 Å². The Balaban J connectivity index is 4.92. The van der Waals surface area contributed by atoms with Gasteiger partial charge in [-0.1, -0.05) is 58.1 Å². The van der Waals surface area contributed by atoms with Crippen LogP contribution in [0.3, 0.4) is 0 Å². The van der Waals surface area contributed by atoms with Crippen LogP contribution in [0.2, 0.25) is 0 Å². The van der Waals surface area contributed by atoms with Gasteiger partial charge in [0.15, 0.2) is 0 Å². The van der Waals surface area contributed by atoms with Crippen molar-refractivity contribution in [3.8, 4) is 0 Å². The van der Waals surface area contributed by atoms with Crippen LogP contribution in [-0.4, -0.2) is 58.8 Å². The highest BCUT2D eigenvalue weighted by Crippen LogP contribution is 2.21. The number of unbranched alkanes of at least 4 members (excludes halogenated alkanes) is 8. The highest BCUT2D eigenvalue weighted by Gasteiger charge is 2.36. The quantitative estimate of drug-likeness (QED) is 0.149. The van der Waals surface area contributed by atoms with Gasteiger partial charge in [-0.25, -0.2) is 0 Å². The number of aliphatic carboxylic acids is 3. The summed E-state index contributed by atoms with van der Waals surface area (Å²) in [5, 5.41) is 30.3. The van der Waals surface area contributed by atoms with Crippen molar-refractivity contribution in [2.75, 3.05) is 26.2 Å². The van der Waals surface area contributed by atoms with Crippen molar-refractivity contribution in [2.45, 2.75) is 91.9 Å². The maximum absolute atomic E-state index is 11.5. The van der Waals surface area contributed by atoms with Crippen LogP contribution in [0.1, 0.15) is 91.9 Å². The van der Waals surface area contributed by atoms with Gasteiger partial charge in [-0.15, -0.1) is 0 Å². The zero-order chi connectivity index (χ0) is 25.3. The third-order valence-corrected chi connectivity index (χ3v) is 6.37. The first-order chi connectivity index (χ1) is 15.5. The van der Waals surface area contributed by atoms with Gasteiger partial charge in [-0.05, 0) is 46.0 Å². The second-order valence-electron chi connectivity index (χ2n) is 9.84. The molecule has 0 spiro atoms. The summed E-state index contributed by atoms with van der Waals surface area (Å²) in [6.07, 6.45) is 15.7.